The summed E-state index contributed by atoms with van der Waals surface area (Å²) in [7, 11) is 0. The summed E-state index contributed by atoms with van der Waals surface area (Å²) in [5.74, 6) is 1.70. The first-order chi connectivity index (χ1) is 17.2. The van der Waals surface area contributed by atoms with Crippen molar-refractivity contribution in [3.05, 3.63) is 75.7 Å². The number of H-pyrrole nitrogens is 1. The highest BCUT2D eigenvalue weighted by Gasteiger charge is 2.30. The van der Waals surface area contributed by atoms with Crippen LogP contribution in [0.4, 0.5) is 24.8 Å². The molecule has 4 aromatic rings. The predicted molar refractivity (Wildman–Crippen MR) is 138 cm³/mol. The lowest BCUT2D eigenvalue weighted by Crippen LogP contribution is -2.16. The van der Waals surface area contributed by atoms with Crippen molar-refractivity contribution >= 4 is 34.8 Å². The van der Waals surface area contributed by atoms with Crippen LogP contribution in [0.5, 0.6) is 0 Å². The molecule has 0 saturated heterocycles. The minimum Gasteiger partial charge on any atom is -0.368 e. The Morgan fingerprint density at radius 1 is 0.944 bits per heavy atom. The van der Waals surface area contributed by atoms with E-state index in [2.05, 4.69) is 25.6 Å². The third-order valence-electron chi connectivity index (χ3n) is 5.44. The quantitative estimate of drug-likeness (QED) is 0.207. The summed E-state index contributed by atoms with van der Waals surface area (Å²) in [4.78, 5) is 16.5. The molecule has 0 fully saturated rings. The highest BCUT2D eigenvalue weighted by Crippen LogP contribution is 2.37. The molecule has 0 spiro atoms. The molecule has 3 N–H and O–H groups in total. The highest BCUT2D eigenvalue weighted by atomic mass is 35.5. The summed E-state index contributed by atoms with van der Waals surface area (Å²) in [5.41, 5.74) is 3.26. The first-order valence-corrected chi connectivity index (χ1v) is 11.9. The number of halogens is 5. The van der Waals surface area contributed by atoms with Crippen molar-refractivity contribution in [2.24, 2.45) is 0 Å². The van der Waals surface area contributed by atoms with E-state index in [1.165, 1.54) is 6.07 Å². The zero-order valence-electron chi connectivity index (χ0n) is 19.5. The fraction of sp³-hybridized carbons (Fsp3) is 0.240. The number of rotatable bonds is 8. The fourth-order valence-electron chi connectivity index (χ4n) is 3.63. The van der Waals surface area contributed by atoms with E-state index < -0.39 is 11.7 Å². The van der Waals surface area contributed by atoms with Gasteiger partial charge in [-0.15, -0.1) is 0 Å². The number of nitrogens with one attached hydrogen (secondary N) is 3. The molecular weight excluding hydrogens is 512 g/mol. The van der Waals surface area contributed by atoms with Crippen LogP contribution in [0.25, 0.3) is 22.6 Å². The van der Waals surface area contributed by atoms with Crippen LogP contribution in [0.1, 0.15) is 23.7 Å². The number of aromatic nitrogens is 4. The Kier molecular flexibility index (Phi) is 7.70. The number of aryl methyl sites for hydroxylation is 2. The van der Waals surface area contributed by atoms with Gasteiger partial charge in [-0.3, -0.25) is 0 Å². The molecule has 0 amide bonds. The smallest absolute Gasteiger partial charge is 0.368 e. The molecule has 0 saturated carbocycles. The molecule has 6 nitrogen and oxygen atoms in total. The van der Waals surface area contributed by atoms with Crippen LogP contribution in [0, 0.1) is 6.92 Å². The van der Waals surface area contributed by atoms with Gasteiger partial charge in [0.05, 0.1) is 16.3 Å². The van der Waals surface area contributed by atoms with Crippen LogP contribution in [0.3, 0.4) is 0 Å². The maximum absolute atomic E-state index is 12.7. The Morgan fingerprint density at radius 2 is 1.72 bits per heavy atom. The molecule has 4 rings (SSSR count). The van der Waals surface area contributed by atoms with Crippen LogP contribution < -0.4 is 10.6 Å². The van der Waals surface area contributed by atoms with Gasteiger partial charge in [0.2, 0.25) is 0 Å². The summed E-state index contributed by atoms with van der Waals surface area (Å²) in [5, 5.41) is 7.31. The Balaban J connectivity index is 1.57. The van der Waals surface area contributed by atoms with E-state index in [0.717, 1.165) is 29.1 Å². The fourth-order valence-corrected chi connectivity index (χ4v) is 4.13. The summed E-state index contributed by atoms with van der Waals surface area (Å²) in [6, 6.07) is 9.57. The molecule has 3 heterocycles. The molecule has 0 aliphatic heterocycles. The van der Waals surface area contributed by atoms with Crippen molar-refractivity contribution < 1.29 is 13.2 Å². The maximum Gasteiger partial charge on any atom is 0.417 e. The van der Waals surface area contributed by atoms with Crippen molar-refractivity contribution in [2.45, 2.75) is 26.4 Å². The van der Waals surface area contributed by atoms with Gasteiger partial charge in [0.25, 0.3) is 0 Å². The number of hydrogen-bond acceptors (Lipinski definition) is 5. The standard InChI is InChI=1S/C25H23Cl2F3N6/c1-3-15-10-19(24-34-12-14(2)35-24)22(18-6-5-17(26)11-20(18)27)36-23(15)32-9-8-31-21-7-4-16(13-33-21)25(28,29)30/h4-7,10-13H,3,8-9H2,1-2H3,(H,31,33)(H,32,36)(H,34,35). The molecule has 36 heavy (non-hydrogen) atoms. The molecule has 11 heteroatoms. The normalized spacial score (nSPS) is 11.5. The lowest BCUT2D eigenvalue weighted by atomic mass is 10.0. The second-order valence-electron chi connectivity index (χ2n) is 8.07. The van der Waals surface area contributed by atoms with Crippen LogP contribution >= 0.6 is 23.2 Å². The SMILES string of the molecule is CCc1cc(-c2ncc(C)[nH]2)c(-c2ccc(Cl)cc2Cl)nc1NCCNc1ccc(C(F)(F)F)cn1. The maximum atomic E-state index is 12.7. The second-order valence-corrected chi connectivity index (χ2v) is 8.91. The number of hydrogen-bond donors (Lipinski definition) is 3. The Hall–Kier alpha value is -3.30. The first-order valence-electron chi connectivity index (χ1n) is 11.2. The third kappa shape index (κ3) is 5.91. The zero-order valence-corrected chi connectivity index (χ0v) is 21.0. The topological polar surface area (TPSA) is 78.5 Å². The van der Waals surface area contributed by atoms with Crippen molar-refractivity contribution in [3.8, 4) is 22.6 Å². The second kappa shape index (κ2) is 10.8. The molecule has 0 atom stereocenters. The molecular formula is C25H23Cl2F3N6. The highest BCUT2D eigenvalue weighted by molar-refractivity contribution is 6.36. The molecule has 188 valence electrons. The molecule has 3 aromatic heterocycles. The average molecular weight is 535 g/mol. The van der Waals surface area contributed by atoms with Crippen LogP contribution in [0.2, 0.25) is 10.0 Å². The molecule has 0 aliphatic carbocycles. The third-order valence-corrected chi connectivity index (χ3v) is 5.99. The van der Waals surface area contributed by atoms with Gasteiger partial charge in [-0.25, -0.2) is 15.0 Å². The van der Waals surface area contributed by atoms with Gasteiger partial charge in [0.15, 0.2) is 0 Å². The Morgan fingerprint density at radius 3 is 2.33 bits per heavy atom. The molecule has 1 aromatic carbocycles. The monoisotopic (exact) mass is 534 g/mol. The van der Waals surface area contributed by atoms with Crippen molar-refractivity contribution in [1.82, 2.24) is 19.9 Å². The Bertz CT molecular complexity index is 1350. The summed E-state index contributed by atoms with van der Waals surface area (Å²) < 4.78 is 38.2. The van der Waals surface area contributed by atoms with Crippen LogP contribution in [0.15, 0.2) is 48.8 Å². The Labute approximate surface area is 216 Å². The minimum absolute atomic E-state index is 0.352. The van der Waals surface area contributed by atoms with Gasteiger partial charge < -0.3 is 15.6 Å². The largest absolute Gasteiger partial charge is 0.417 e. The lowest BCUT2D eigenvalue weighted by molar-refractivity contribution is -0.137. The molecule has 0 aliphatic rings. The van der Waals surface area contributed by atoms with Gasteiger partial charge in [-0.2, -0.15) is 13.2 Å². The van der Waals surface area contributed by atoms with E-state index in [4.69, 9.17) is 28.2 Å². The van der Waals surface area contributed by atoms with Crippen molar-refractivity contribution in [3.63, 3.8) is 0 Å². The van der Waals surface area contributed by atoms with E-state index in [9.17, 15) is 13.2 Å². The lowest BCUT2D eigenvalue weighted by Gasteiger charge is -2.17. The summed E-state index contributed by atoms with van der Waals surface area (Å²) in [6.07, 6.45) is -1.14. The van der Waals surface area contributed by atoms with Crippen molar-refractivity contribution in [1.29, 1.82) is 0 Å². The van der Waals surface area contributed by atoms with E-state index in [0.29, 0.717) is 58.3 Å². The number of alkyl halides is 3. The minimum atomic E-state index is -4.42. The molecule has 0 radical (unpaired) electrons. The van der Waals surface area contributed by atoms with Crippen LogP contribution in [-0.2, 0) is 12.6 Å². The van der Waals surface area contributed by atoms with E-state index in [-0.39, 0.29) is 0 Å². The number of benzene rings is 1. The molecule has 0 bridgehead atoms. The summed E-state index contributed by atoms with van der Waals surface area (Å²) >= 11 is 12.6. The summed E-state index contributed by atoms with van der Waals surface area (Å²) in [6.45, 7) is 4.82. The van der Waals surface area contributed by atoms with Gasteiger partial charge in [0.1, 0.15) is 17.5 Å². The number of aromatic amines is 1. The van der Waals surface area contributed by atoms with Crippen LogP contribution in [-0.4, -0.2) is 33.0 Å². The predicted octanol–water partition coefficient (Wildman–Crippen LogP) is 7.25. The average Bonchev–Trinajstić information content (AvgIpc) is 3.27. The number of imidazole rings is 1. The van der Waals surface area contributed by atoms with Gasteiger partial charge in [0, 0.05) is 47.3 Å². The zero-order chi connectivity index (χ0) is 25.9. The number of nitrogens with zero attached hydrogens (tertiary/aromatic N) is 3. The van der Waals surface area contributed by atoms with Gasteiger partial charge in [-0.1, -0.05) is 30.1 Å². The first kappa shape index (κ1) is 25.8. The van der Waals surface area contributed by atoms with E-state index in [1.54, 1.807) is 18.3 Å². The molecule has 0 unspecified atom stereocenters. The van der Waals surface area contributed by atoms with E-state index >= 15 is 0 Å². The van der Waals surface area contributed by atoms with Crippen molar-refractivity contribution in [2.75, 3.05) is 23.7 Å². The van der Waals surface area contributed by atoms with Gasteiger partial charge in [-0.05, 0) is 55.3 Å². The van der Waals surface area contributed by atoms with E-state index in [1.807, 2.05) is 26.0 Å². The number of pyridine rings is 2. The number of anilines is 2. The van der Waals surface area contributed by atoms with Gasteiger partial charge >= 0.3 is 6.18 Å².